The van der Waals surface area contributed by atoms with Gasteiger partial charge in [-0.2, -0.15) is 4.31 Å². The number of β-amino-alcohol motifs (C(OH)–C–C–N with tert-alkyl or cyclic N) is 1. The molecule has 1 aliphatic heterocycles. The molecule has 5 nitrogen and oxygen atoms in total. The monoisotopic (exact) mass is 400 g/mol. The topological polar surface area (TPSA) is 60.9 Å². The van der Waals surface area contributed by atoms with Gasteiger partial charge in [0.05, 0.1) is 6.10 Å². The van der Waals surface area contributed by atoms with E-state index in [9.17, 15) is 13.5 Å². The Kier molecular flexibility index (Phi) is 5.82. The summed E-state index contributed by atoms with van der Waals surface area (Å²) in [5.74, 6) is 0. The van der Waals surface area contributed by atoms with E-state index in [1.165, 1.54) is 15.6 Å². The fourth-order valence-electron chi connectivity index (χ4n) is 2.87. The number of thiophene rings is 1. The smallest absolute Gasteiger partial charge is 0.252 e. The molecule has 25 heavy (non-hydrogen) atoms. The second-order valence-corrected chi connectivity index (χ2v) is 10.0. The van der Waals surface area contributed by atoms with Crippen molar-refractivity contribution in [3.8, 4) is 0 Å². The van der Waals surface area contributed by atoms with Crippen molar-refractivity contribution in [1.29, 1.82) is 0 Å². The number of halogens is 1. The normalized spacial score (nSPS) is 18.4. The molecule has 1 aromatic heterocycles. The first kappa shape index (κ1) is 18.8. The number of nitrogens with zero attached hydrogens (tertiary/aromatic N) is 2. The number of aliphatic hydroxyl groups excluding tert-OH is 1. The molecule has 0 amide bonds. The molecule has 2 heterocycles. The van der Waals surface area contributed by atoms with Crippen molar-refractivity contribution in [2.24, 2.45) is 0 Å². The van der Waals surface area contributed by atoms with Crippen molar-refractivity contribution in [3.63, 3.8) is 0 Å². The molecule has 0 spiro atoms. The third-order valence-electron chi connectivity index (χ3n) is 4.33. The first-order valence-electron chi connectivity index (χ1n) is 8.09. The summed E-state index contributed by atoms with van der Waals surface area (Å²) in [5.41, 5.74) is 0.813. The van der Waals surface area contributed by atoms with E-state index in [0.29, 0.717) is 42.0 Å². The number of sulfonamides is 1. The molecule has 136 valence electrons. The molecular formula is C17H21ClN2O3S2. The number of aliphatic hydroxyl groups is 1. The van der Waals surface area contributed by atoms with E-state index in [1.807, 2.05) is 25.1 Å². The van der Waals surface area contributed by atoms with E-state index >= 15 is 0 Å². The Morgan fingerprint density at radius 1 is 1.12 bits per heavy atom. The molecule has 1 atom stereocenters. The lowest BCUT2D eigenvalue weighted by Gasteiger charge is -2.34. The Hall–Kier alpha value is -0.960. The van der Waals surface area contributed by atoms with E-state index < -0.39 is 16.1 Å². The zero-order valence-corrected chi connectivity index (χ0v) is 16.3. The van der Waals surface area contributed by atoms with E-state index in [-0.39, 0.29) is 0 Å². The number of aryl methyl sites for hydroxylation is 1. The van der Waals surface area contributed by atoms with Gasteiger partial charge < -0.3 is 5.11 Å². The number of hydrogen-bond acceptors (Lipinski definition) is 5. The predicted molar refractivity (Wildman–Crippen MR) is 101 cm³/mol. The summed E-state index contributed by atoms with van der Waals surface area (Å²) >= 11 is 7.17. The molecule has 0 saturated carbocycles. The maximum atomic E-state index is 12.6. The van der Waals surface area contributed by atoms with Crippen molar-refractivity contribution < 1.29 is 13.5 Å². The lowest BCUT2D eigenvalue weighted by Crippen LogP contribution is -2.49. The number of piperazine rings is 1. The zero-order chi connectivity index (χ0) is 18.0. The maximum absolute atomic E-state index is 12.6. The Morgan fingerprint density at radius 2 is 1.76 bits per heavy atom. The second-order valence-electron chi connectivity index (χ2n) is 6.14. The lowest BCUT2D eigenvalue weighted by atomic mass is 10.1. The van der Waals surface area contributed by atoms with Gasteiger partial charge in [-0.15, -0.1) is 11.3 Å². The maximum Gasteiger partial charge on any atom is 0.252 e. The fraction of sp³-hybridized carbons (Fsp3) is 0.412. The van der Waals surface area contributed by atoms with Gasteiger partial charge in [0.1, 0.15) is 4.21 Å². The number of hydrogen-bond donors (Lipinski definition) is 1. The Morgan fingerprint density at radius 3 is 2.32 bits per heavy atom. The van der Waals surface area contributed by atoms with Crippen LogP contribution in [0.4, 0.5) is 0 Å². The molecule has 0 radical (unpaired) electrons. The molecule has 0 unspecified atom stereocenters. The summed E-state index contributed by atoms with van der Waals surface area (Å²) in [5, 5.41) is 11.0. The van der Waals surface area contributed by atoms with Gasteiger partial charge in [-0.05, 0) is 36.8 Å². The summed E-state index contributed by atoms with van der Waals surface area (Å²) in [7, 11) is -3.40. The van der Waals surface area contributed by atoms with Crippen LogP contribution in [0.25, 0.3) is 0 Å². The highest BCUT2D eigenvalue weighted by molar-refractivity contribution is 7.91. The fourth-order valence-corrected chi connectivity index (χ4v) is 5.85. The SMILES string of the molecule is Cc1ccc(S(=O)(=O)N2CCN(C[C@H](O)c3ccc(Cl)cc3)CC2)s1. The van der Waals surface area contributed by atoms with Gasteiger partial charge in [0.25, 0.3) is 10.0 Å². The minimum atomic E-state index is -3.40. The largest absolute Gasteiger partial charge is 0.387 e. The van der Waals surface area contributed by atoms with E-state index in [4.69, 9.17) is 11.6 Å². The van der Waals surface area contributed by atoms with Gasteiger partial charge >= 0.3 is 0 Å². The number of rotatable bonds is 5. The highest BCUT2D eigenvalue weighted by Crippen LogP contribution is 2.25. The third-order valence-corrected chi connectivity index (χ3v) is 7.95. The summed E-state index contributed by atoms with van der Waals surface area (Å²) in [6.45, 7) is 4.47. The van der Waals surface area contributed by atoms with Crippen LogP contribution in [0.1, 0.15) is 16.5 Å². The Bertz CT molecular complexity index is 813. The minimum absolute atomic E-state index is 0.402. The zero-order valence-electron chi connectivity index (χ0n) is 13.9. The molecule has 3 rings (SSSR count). The van der Waals surface area contributed by atoms with Crippen LogP contribution in [-0.2, 0) is 10.0 Å². The summed E-state index contributed by atoms with van der Waals surface area (Å²) in [6, 6.07) is 10.6. The van der Waals surface area contributed by atoms with Crippen LogP contribution in [0.15, 0.2) is 40.6 Å². The summed E-state index contributed by atoms with van der Waals surface area (Å²) < 4.78 is 27.2. The molecule has 8 heteroatoms. The van der Waals surface area contributed by atoms with Gasteiger partial charge in [0.2, 0.25) is 0 Å². The molecule has 2 aromatic rings. The van der Waals surface area contributed by atoms with Crippen LogP contribution in [0.5, 0.6) is 0 Å². The standard InChI is InChI=1S/C17H21ClN2O3S2/c1-13-2-7-17(24-13)25(22,23)20-10-8-19(9-11-20)12-16(21)14-3-5-15(18)6-4-14/h2-7,16,21H,8-12H2,1H3/t16-/m0/s1. The van der Waals surface area contributed by atoms with E-state index in [1.54, 1.807) is 18.2 Å². The van der Waals surface area contributed by atoms with Gasteiger partial charge in [0.15, 0.2) is 0 Å². The molecular weight excluding hydrogens is 380 g/mol. The summed E-state index contributed by atoms with van der Waals surface area (Å²) in [6.07, 6.45) is -0.611. The van der Waals surface area contributed by atoms with Gasteiger partial charge in [-0.25, -0.2) is 8.42 Å². The first-order valence-corrected chi connectivity index (χ1v) is 10.7. The Labute approximate surface area is 157 Å². The van der Waals surface area contributed by atoms with Crippen LogP contribution in [0.3, 0.4) is 0 Å². The van der Waals surface area contributed by atoms with Crippen molar-refractivity contribution >= 4 is 33.0 Å². The first-order chi connectivity index (χ1) is 11.9. The Balaban J connectivity index is 1.57. The van der Waals surface area contributed by atoms with Crippen molar-refractivity contribution in [3.05, 3.63) is 51.9 Å². The highest BCUT2D eigenvalue weighted by Gasteiger charge is 2.30. The van der Waals surface area contributed by atoms with Crippen LogP contribution in [0, 0.1) is 6.92 Å². The van der Waals surface area contributed by atoms with Crippen molar-refractivity contribution in [2.75, 3.05) is 32.7 Å². The quantitative estimate of drug-likeness (QED) is 0.838. The van der Waals surface area contributed by atoms with E-state index in [0.717, 1.165) is 10.4 Å². The van der Waals surface area contributed by atoms with Gasteiger partial charge in [0, 0.05) is 42.6 Å². The van der Waals surface area contributed by atoms with Gasteiger partial charge in [-0.1, -0.05) is 23.7 Å². The molecule has 0 bridgehead atoms. The molecule has 1 N–H and O–H groups in total. The van der Waals surface area contributed by atoms with Crippen LogP contribution in [0.2, 0.25) is 5.02 Å². The third kappa shape index (κ3) is 4.42. The average molecular weight is 401 g/mol. The second kappa shape index (κ2) is 7.73. The van der Waals surface area contributed by atoms with Crippen molar-refractivity contribution in [2.45, 2.75) is 17.2 Å². The molecule has 1 aliphatic rings. The predicted octanol–water partition coefficient (Wildman–Crippen LogP) is 2.75. The van der Waals surface area contributed by atoms with E-state index in [2.05, 4.69) is 4.90 Å². The summed E-state index contributed by atoms with van der Waals surface area (Å²) in [4.78, 5) is 3.08. The van der Waals surface area contributed by atoms with Crippen molar-refractivity contribution in [1.82, 2.24) is 9.21 Å². The van der Waals surface area contributed by atoms with Crippen LogP contribution >= 0.6 is 22.9 Å². The molecule has 1 aromatic carbocycles. The minimum Gasteiger partial charge on any atom is -0.387 e. The van der Waals surface area contributed by atoms with Gasteiger partial charge in [-0.3, -0.25) is 4.90 Å². The molecule has 1 fully saturated rings. The van der Waals surface area contributed by atoms with Crippen LogP contribution in [-0.4, -0.2) is 55.5 Å². The average Bonchev–Trinajstić information content (AvgIpc) is 3.03. The molecule has 1 saturated heterocycles. The lowest BCUT2D eigenvalue weighted by molar-refractivity contribution is 0.0921. The highest BCUT2D eigenvalue weighted by atomic mass is 35.5. The number of benzene rings is 1. The molecule has 0 aliphatic carbocycles. The van der Waals surface area contributed by atoms with Crippen LogP contribution < -0.4 is 0 Å².